The first kappa shape index (κ1) is 13.0. The zero-order valence-electron chi connectivity index (χ0n) is 11.2. The second kappa shape index (κ2) is 5.27. The third kappa shape index (κ3) is 2.49. The number of likely N-dealkylation sites (tertiary alicyclic amines) is 1. The largest absolute Gasteiger partial charge is 0.463 e. The van der Waals surface area contributed by atoms with Gasteiger partial charge < -0.3 is 14.5 Å². The van der Waals surface area contributed by atoms with Crippen molar-refractivity contribution >= 4 is 33.7 Å². The predicted octanol–water partition coefficient (Wildman–Crippen LogP) is 1.33. The number of anilines is 1. The van der Waals surface area contributed by atoms with Crippen LogP contribution in [0.5, 0.6) is 5.19 Å². The minimum Gasteiger partial charge on any atom is -0.463 e. The van der Waals surface area contributed by atoms with Crippen LogP contribution in [0.2, 0.25) is 0 Å². The molecular weight excluding hydrogens is 308 g/mol. The van der Waals surface area contributed by atoms with E-state index >= 15 is 0 Å². The summed E-state index contributed by atoms with van der Waals surface area (Å²) in [5, 5.41) is 5.54. The Morgan fingerprint density at radius 2 is 1.90 bits per heavy atom. The molecule has 2 fully saturated rings. The topological polar surface area (TPSA) is 58.6 Å². The number of ether oxygens (including phenoxy) is 1. The Morgan fingerprint density at radius 1 is 1.14 bits per heavy atom. The summed E-state index contributed by atoms with van der Waals surface area (Å²) in [6, 6.07) is 0. The van der Waals surface area contributed by atoms with E-state index < -0.39 is 0 Å². The molecule has 6 nitrogen and oxygen atoms in total. The lowest BCUT2D eigenvalue weighted by atomic mass is 9.97. The van der Waals surface area contributed by atoms with Crippen molar-refractivity contribution in [2.24, 2.45) is 5.92 Å². The molecule has 4 rings (SSSR count). The second-order valence-corrected chi connectivity index (χ2v) is 6.93. The molecule has 0 aliphatic carbocycles. The van der Waals surface area contributed by atoms with E-state index in [0.29, 0.717) is 18.3 Å². The summed E-state index contributed by atoms with van der Waals surface area (Å²) in [5.74, 6) is 0.344. The van der Waals surface area contributed by atoms with Crippen molar-refractivity contribution in [3.8, 4) is 5.19 Å². The molecular formula is C13H14N4O2S2. The number of amides is 1. The second-order valence-electron chi connectivity index (χ2n) is 5.20. The summed E-state index contributed by atoms with van der Waals surface area (Å²) >= 11 is 3.10. The third-order valence-electron chi connectivity index (χ3n) is 3.76. The highest BCUT2D eigenvalue weighted by molar-refractivity contribution is 7.13. The van der Waals surface area contributed by atoms with Gasteiger partial charge in [0.2, 0.25) is 5.91 Å². The van der Waals surface area contributed by atoms with Crippen LogP contribution in [0, 0.1) is 5.92 Å². The molecule has 2 aliphatic heterocycles. The van der Waals surface area contributed by atoms with Gasteiger partial charge in [-0.25, -0.2) is 9.97 Å². The average molecular weight is 322 g/mol. The fourth-order valence-electron chi connectivity index (χ4n) is 2.53. The number of thiazole rings is 2. The van der Waals surface area contributed by atoms with Crippen molar-refractivity contribution in [1.82, 2.24) is 14.9 Å². The van der Waals surface area contributed by atoms with Crippen LogP contribution in [0.3, 0.4) is 0 Å². The highest BCUT2D eigenvalue weighted by Crippen LogP contribution is 2.29. The zero-order valence-corrected chi connectivity index (χ0v) is 12.8. The van der Waals surface area contributed by atoms with Crippen molar-refractivity contribution in [3.63, 3.8) is 0 Å². The van der Waals surface area contributed by atoms with E-state index in [2.05, 4.69) is 14.9 Å². The standard InChI is InChI=1S/C13H14N4O2S2/c18-11(9-5-17(6-9)12-14-1-3-20-12)16-7-10(8-16)19-13-15-2-4-21-13/h1-4,9-10H,5-8H2. The van der Waals surface area contributed by atoms with Gasteiger partial charge in [0, 0.05) is 36.2 Å². The van der Waals surface area contributed by atoms with E-state index in [1.807, 2.05) is 15.7 Å². The van der Waals surface area contributed by atoms with Crippen LogP contribution in [0.4, 0.5) is 5.13 Å². The summed E-state index contributed by atoms with van der Waals surface area (Å²) in [5.41, 5.74) is 0. The fourth-order valence-corrected chi connectivity index (χ4v) is 3.74. The smallest absolute Gasteiger partial charge is 0.273 e. The van der Waals surface area contributed by atoms with Gasteiger partial charge in [-0.05, 0) is 0 Å². The molecule has 0 aromatic carbocycles. The van der Waals surface area contributed by atoms with Gasteiger partial charge in [0.05, 0.1) is 19.0 Å². The van der Waals surface area contributed by atoms with E-state index in [1.165, 1.54) is 11.3 Å². The quantitative estimate of drug-likeness (QED) is 0.850. The molecule has 21 heavy (non-hydrogen) atoms. The average Bonchev–Trinajstić information content (AvgIpc) is 3.04. The van der Waals surface area contributed by atoms with Crippen molar-refractivity contribution < 1.29 is 9.53 Å². The van der Waals surface area contributed by atoms with E-state index in [-0.39, 0.29) is 17.9 Å². The lowest BCUT2D eigenvalue weighted by Crippen LogP contribution is -2.62. The fraction of sp³-hybridized carbons (Fsp3) is 0.462. The van der Waals surface area contributed by atoms with E-state index in [1.54, 1.807) is 23.7 Å². The van der Waals surface area contributed by atoms with E-state index in [9.17, 15) is 4.79 Å². The Kier molecular flexibility index (Phi) is 3.27. The minimum atomic E-state index is 0.0928. The number of hydrogen-bond acceptors (Lipinski definition) is 7. The molecule has 0 N–H and O–H groups in total. The Bertz CT molecular complexity index is 604. The summed E-state index contributed by atoms with van der Waals surface area (Å²) in [4.78, 5) is 24.7. The van der Waals surface area contributed by atoms with Gasteiger partial charge >= 0.3 is 0 Å². The molecule has 2 aromatic rings. The molecule has 4 heterocycles. The molecule has 0 saturated carbocycles. The monoisotopic (exact) mass is 322 g/mol. The number of carbonyl (C=O) groups is 1. The number of carbonyl (C=O) groups excluding carboxylic acids is 1. The normalized spacial score (nSPS) is 19.2. The van der Waals surface area contributed by atoms with Gasteiger partial charge in [0.25, 0.3) is 5.19 Å². The Balaban J connectivity index is 1.23. The first-order valence-electron chi connectivity index (χ1n) is 6.79. The van der Waals surface area contributed by atoms with Gasteiger partial charge in [-0.2, -0.15) is 0 Å². The summed E-state index contributed by atoms with van der Waals surface area (Å²) in [6.45, 7) is 2.90. The Morgan fingerprint density at radius 3 is 2.57 bits per heavy atom. The van der Waals surface area contributed by atoms with Crippen molar-refractivity contribution in [2.75, 3.05) is 31.1 Å². The SMILES string of the molecule is O=C(C1CN(c2nccs2)C1)N1CC(Oc2nccs2)C1. The minimum absolute atomic E-state index is 0.0928. The molecule has 2 aliphatic rings. The summed E-state index contributed by atoms with van der Waals surface area (Å²) in [7, 11) is 0. The first-order valence-corrected chi connectivity index (χ1v) is 8.55. The number of rotatable bonds is 4. The molecule has 0 bridgehead atoms. The van der Waals surface area contributed by atoms with Gasteiger partial charge in [-0.15, -0.1) is 11.3 Å². The molecule has 0 spiro atoms. The van der Waals surface area contributed by atoms with Crippen LogP contribution >= 0.6 is 22.7 Å². The first-order chi connectivity index (χ1) is 10.3. The van der Waals surface area contributed by atoms with E-state index in [4.69, 9.17) is 4.74 Å². The summed E-state index contributed by atoms with van der Waals surface area (Å²) in [6.07, 6.45) is 3.61. The zero-order chi connectivity index (χ0) is 14.2. The Labute approximate surface area is 130 Å². The van der Waals surface area contributed by atoms with Gasteiger partial charge in [0.1, 0.15) is 6.10 Å². The maximum Gasteiger partial charge on any atom is 0.273 e. The maximum absolute atomic E-state index is 12.3. The van der Waals surface area contributed by atoms with Crippen molar-refractivity contribution in [1.29, 1.82) is 0 Å². The lowest BCUT2D eigenvalue weighted by molar-refractivity contribution is -0.145. The maximum atomic E-state index is 12.3. The summed E-state index contributed by atoms with van der Waals surface area (Å²) < 4.78 is 5.68. The molecule has 2 saturated heterocycles. The third-order valence-corrected chi connectivity index (χ3v) is 5.25. The number of hydrogen-bond donors (Lipinski definition) is 0. The van der Waals surface area contributed by atoms with Gasteiger partial charge in [-0.1, -0.05) is 11.3 Å². The van der Waals surface area contributed by atoms with Crippen LogP contribution in [-0.2, 0) is 4.79 Å². The predicted molar refractivity (Wildman–Crippen MR) is 80.9 cm³/mol. The molecule has 0 atom stereocenters. The molecule has 2 aromatic heterocycles. The van der Waals surface area contributed by atoms with Crippen LogP contribution in [0.15, 0.2) is 23.2 Å². The number of aromatic nitrogens is 2. The van der Waals surface area contributed by atoms with Crippen molar-refractivity contribution in [3.05, 3.63) is 23.2 Å². The van der Waals surface area contributed by atoms with E-state index in [0.717, 1.165) is 18.2 Å². The van der Waals surface area contributed by atoms with Crippen LogP contribution in [0.1, 0.15) is 0 Å². The molecule has 110 valence electrons. The molecule has 0 radical (unpaired) electrons. The molecule has 8 heteroatoms. The Hall–Kier alpha value is -1.67. The highest BCUT2D eigenvalue weighted by atomic mass is 32.1. The van der Waals surface area contributed by atoms with Crippen LogP contribution in [0.25, 0.3) is 0 Å². The molecule has 1 amide bonds. The molecule has 0 unspecified atom stereocenters. The van der Waals surface area contributed by atoms with Gasteiger partial charge in [-0.3, -0.25) is 4.79 Å². The van der Waals surface area contributed by atoms with Crippen LogP contribution < -0.4 is 9.64 Å². The van der Waals surface area contributed by atoms with Gasteiger partial charge in [0.15, 0.2) is 5.13 Å². The van der Waals surface area contributed by atoms with Crippen LogP contribution in [-0.4, -0.2) is 53.1 Å². The number of nitrogens with zero attached hydrogens (tertiary/aromatic N) is 4. The van der Waals surface area contributed by atoms with Crippen molar-refractivity contribution in [2.45, 2.75) is 6.10 Å². The highest BCUT2D eigenvalue weighted by Gasteiger charge is 2.41. The lowest BCUT2D eigenvalue weighted by Gasteiger charge is -2.45.